The summed E-state index contributed by atoms with van der Waals surface area (Å²) >= 11 is 6.07. The van der Waals surface area contributed by atoms with Crippen LogP contribution < -0.4 is 5.32 Å². The fourth-order valence-corrected chi connectivity index (χ4v) is 2.20. The van der Waals surface area contributed by atoms with Crippen molar-refractivity contribution >= 4 is 17.4 Å². The van der Waals surface area contributed by atoms with Gasteiger partial charge in [-0.25, -0.2) is 0 Å². The van der Waals surface area contributed by atoms with Crippen molar-refractivity contribution < 1.29 is 4.79 Å². The van der Waals surface area contributed by atoms with Crippen LogP contribution in [0.1, 0.15) is 16.9 Å². The van der Waals surface area contributed by atoms with E-state index in [1.807, 2.05) is 14.1 Å². The van der Waals surface area contributed by atoms with Gasteiger partial charge < -0.3 is 10.2 Å². The molecule has 2 rings (SSSR count). The van der Waals surface area contributed by atoms with Crippen molar-refractivity contribution in [1.29, 1.82) is 0 Å². The summed E-state index contributed by atoms with van der Waals surface area (Å²) in [4.78, 5) is 14.3. The predicted molar refractivity (Wildman–Crippen MR) is 71.1 cm³/mol. The lowest BCUT2D eigenvalue weighted by atomic mass is 9.95. The summed E-state index contributed by atoms with van der Waals surface area (Å²) in [6.07, 6.45) is 2.11. The molecule has 1 aliphatic heterocycles. The Morgan fingerprint density at radius 2 is 2.33 bits per heavy atom. The zero-order chi connectivity index (χ0) is 13.1. The van der Waals surface area contributed by atoms with E-state index in [1.54, 1.807) is 10.9 Å². The molecule has 0 atom stereocenters. The van der Waals surface area contributed by atoms with Crippen LogP contribution in [-0.4, -0.2) is 54.2 Å². The highest BCUT2D eigenvalue weighted by molar-refractivity contribution is 6.33. The molecule has 0 spiro atoms. The molecule has 1 aromatic rings. The number of nitrogens with one attached hydrogen (secondary N) is 1. The lowest BCUT2D eigenvalue weighted by molar-refractivity contribution is 0.0934. The minimum Gasteiger partial charge on any atom is -0.316 e. The second-order valence-corrected chi connectivity index (χ2v) is 5.43. The van der Waals surface area contributed by atoms with E-state index in [2.05, 4.69) is 15.3 Å². The van der Waals surface area contributed by atoms with Gasteiger partial charge in [-0.05, 0) is 33.1 Å². The monoisotopic (exact) mass is 270 g/mol. The average Bonchev–Trinajstić information content (AvgIpc) is 2.62. The van der Waals surface area contributed by atoms with Crippen molar-refractivity contribution in [2.24, 2.45) is 5.92 Å². The first-order valence-electron chi connectivity index (χ1n) is 6.18. The van der Waals surface area contributed by atoms with Gasteiger partial charge in [-0.3, -0.25) is 9.48 Å². The van der Waals surface area contributed by atoms with Crippen LogP contribution in [-0.2, 0) is 6.54 Å². The van der Waals surface area contributed by atoms with Gasteiger partial charge in [-0.1, -0.05) is 11.6 Å². The molecule has 18 heavy (non-hydrogen) atoms. The lowest BCUT2D eigenvalue weighted by Crippen LogP contribution is -2.43. The molecule has 1 aliphatic rings. The van der Waals surface area contributed by atoms with Crippen LogP contribution in [0.2, 0.25) is 5.02 Å². The molecule has 0 amide bonds. The van der Waals surface area contributed by atoms with Gasteiger partial charge >= 0.3 is 0 Å². The molecule has 0 saturated carbocycles. The number of nitrogens with zero attached hydrogens (tertiary/aromatic N) is 3. The normalized spacial score (nSPS) is 16.0. The van der Waals surface area contributed by atoms with E-state index in [-0.39, 0.29) is 5.78 Å². The smallest absolute Gasteiger partial charge is 0.182 e. The number of rotatable bonds is 6. The molecule has 0 aliphatic carbocycles. The maximum absolute atomic E-state index is 12.2. The van der Waals surface area contributed by atoms with Crippen molar-refractivity contribution in [3.63, 3.8) is 0 Å². The molecule has 100 valence electrons. The summed E-state index contributed by atoms with van der Waals surface area (Å²) in [6.45, 7) is 3.37. The average molecular weight is 271 g/mol. The second-order valence-electron chi connectivity index (χ2n) is 5.02. The topological polar surface area (TPSA) is 50.2 Å². The zero-order valence-electron chi connectivity index (χ0n) is 10.8. The predicted octanol–water partition coefficient (Wildman–Crippen LogP) is 0.890. The summed E-state index contributed by atoms with van der Waals surface area (Å²) in [5.41, 5.74) is 0.561. The van der Waals surface area contributed by atoms with Gasteiger partial charge in [-0.2, -0.15) is 5.10 Å². The number of carbonyl (C=O) groups is 1. The Bertz CT molecular complexity index is 426. The second kappa shape index (κ2) is 5.82. The van der Waals surface area contributed by atoms with Gasteiger partial charge in [0.2, 0.25) is 0 Å². The first-order valence-corrected chi connectivity index (χ1v) is 6.55. The van der Waals surface area contributed by atoms with E-state index < -0.39 is 0 Å². The van der Waals surface area contributed by atoms with E-state index in [4.69, 9.17) is 11.6 Å². The molecule has 0 unspecified atom stereocenters. The fourth-order valence-electron chi connectivity index (χ4n) is 1.96. The molecule has 0 aromatic carbocycles. The molecule has 1 aromatic heterocycles. The van der Waals surface area contributed by atoms with Crippen LogP contribution in [0.4, 0.5) is 0 Å². The van der Waals surface area contributed by atoms with Gasteiger partial charge in [-0.15, -0.1) is 0 Å². The van der Waals surface area contributed by atoms with Crippen LogP contribution in [0.25, 0.3) is 0 Å². The number of hydrogen-bond acceptors (Lipinski definition) is 4. The van der Waals surface area contributed by atoms with Crippen LogP contribution in [0, 0.1) is 5.92 Å². The molecule has 1 fully saturated rings. The quantitative estimate of drug-likeness (QED) is 0.780. The lowest BCUT2D eigenvalue weighted by Gasteiger charge is -2.26. The van der Waals surface area contributed by atoms with Crippen molar-refractivity contribution in [2.75, 3.05) is 33.7 Å². The molecular weight excluding hydrogens is 252 g/mol. The Morgan fingerprint density at radius 3 is 2.89 bits per heavy atom. The molecule has 1 saturated heterocycles. The van der Waals surface area contributed by atoms with Gasteiger partial charge in [0.25, 0.3) is 0 Å². The SMILES string of the molecule is CN(C)CCn1ncc(Cl)c1C(=O)CC1CNC1. The van der Waals surface area contributed by atoms with Crippen LogP contribution in [0.15, 0.2) is 6.20 Å². The molecular formula is C12H19ClN4O. The highest BCUT2D eigenvalue weighted by Crippen LogP contribution is 2.20. The largest absolute Gasteiger partial charge is 0.316 e. The molecule has 0 radical (unpaired) electrons. The van der Waals surface area contributed by atoms with E-state index in [0.717, 1.165) is 19.6 Å². The molecule has 2 heterocycles. The Balaban J connectivity index is 2.04. The number of hydrogen-bond donors (Lipinski definition) is 1. The van der Waals surface area contributed by atoms with E-state index in [9.17, 15) is 4.79 Å². The summed E-state index contributed by atoms with van der Waals surface area (Å²) in [6, 6.07) is 0. The highest BCUT2D eigenvalue weighted by Gasteiger charge is 2.24. The third-order valence-electron chi connectivity index (χ3n) is 3.16. The van der Waals surface area contributed by atoms with Gasteiger partial charge in [0.05, 0.1) is 17.8 Å². The third-order valence-corrected chi connectivity index (χ3v) is 3.43. The summed E-state index contributed by atoms with van der Waals surface area (Å²) in [7, 11) is 3.99. The fraction of sp³-hybridized carbons (Fsp3) is 0.667. The van der Waals surface area contributed by atoms with E-state index in [1.165, 1.54) is 0 Å². The minimum absolute atomic E-state index is 0.0998. The van der Waals surface area contributed by atoms with Crippen molar-refractivity contribution in [3.8, 4) is 0 Å². The highest BCUT2D eigenvalue weighted by atomic mass is 35.5. The Hall–Kier alpha value is -0.910. The Kier molecular flexibility index (Phi) is 4.37. The number of Topliss-reactive ketones (excluding diaryl/α,β-unsaturated/α-hetero) is 1. The first kappa shape index (κ1) is 13.5. The van der Waals surface area contributed by atoms with Gasteiger partial charge in [0.1, 0.15) is 5.69 Å². The van der Waals surface area contributed by atoms with Crippen molar-refractivity contribution in [2.45, 2.75) is 13.0 Å². The summed E-state index contributed by atoms with van der Waals surface area (Å²) in [5.74, 6) is 0.550. The standard InChI is InChI=1S/C12H19ClN4O/c1-16(2)3-4-17-12(10(13)8-15-17)11(18)5-9-6-14-7-9/h8-9,14H,3-7H2,1-2H3. The number of ketones is 1. The summed E-state index contributed by atoms with van der Waals surface area (Å²) < 4.78 is 1.72. The van der Waals surface area contributed by atoms with E-state index in [0.29, 0.717) is 29.6 Å². The van der Waals surface area contributed by atoms with Crippen molar-refractivity contribution in [1.82, 2.24) is 20.0 Å². The first-order chi connectivity index (χ1) is 8.58. The van der Waals surface area contributed by atoms with Crippen molar-refractivity contribution in [3.05, 3.63) is 16.9 Å². The van der Waals surface area contributed by atoms with Gasteiger partial charge in [0.15, 0.2) is 5.78 Å². The maximum atomic E-state index is 12.2. The molecule has 5 nitrogen and oxygen atoms in total. The molecule has 0 bridgehead atoms. The number of halogens is 1. The summed E-state index contributed by atoms with van der Waals surface area (Å²) in [5, 5.41) is 7.81. The van der Waals surface area contributed by atoms with Crippen LogP contribution in [0.3, 0.4) is 0 Å². The number of carbonyl (C=O) groups excluding carboxylic acids is 1. The van der Waals surface area contributed by atoms with Gasteiger partial charge in [0, 0.05) is 13.0 Å². The Labute approximate surface area is 112 Å². The molecule has 6 heteroatoms. The van der Waals surface area contributed by atoms with Crippen LogP contribution >= 0.6 is 11.6 Å². The van der Waals surface area contributed by atoms with E-state index >= 15 is 0 Å². The Morgan fingerprint density at radius 1 is 1.61 bits per heavy atom. The third kappa shape index (κ3) is 3.10. The molecule has 1 N–H and O–H groups in total. The minimum atomic E-state index is 0.0998. The maximum Gasteiger partial charge on any atom is 0.182 e. The number of aromatic nitrogens is 2. The zero-order valence-corrected chi connectivity index (χ0v) is 11.6. The van der Waals surface area contributed by atoms with Crippen LogP contribution in [0.5, 0.6) is 0 Å². The number of likely N-dealkylation sites (N-methyl/N-ethyl adjacent to an activating group) is 1.